The Morgan fingerprint density at radius 3 is 2.76 bits per heavy atom. The number of aromatic nitrogens is 5. The highest BCUT2D eigenvalue weighted by Crippen LogP contribution is 2.22. The van der Waals surface area contributed by atoms with Crippen LogP contribution in [0.4, 0.5) is 5.69 Å². The van der Waals surface area contributed by atoms with Crippen LogP contribution in [0.15, 0.2) is 24.4 Å². The lowest BCUT2D eigenvalue weighted by molar-refractivity contribution is 0.101. The first-order valence-electron chi connectivity index (χ1n) is 6.61. The molecule has 7 nitrogen and oxygen atoms in total. The molecule has 0 spiro atoms. The monoisotopic (exact) mass is 284 g/mol. The van der Waals surface area contributed by atoms with E-state index in [1.807, 2.05) is 39.0 Å². The maximum absolute atomic E-state index is 12.2. The highest BCUT2D eigenvalue weighted by atomic mass is 16.2. The molecule has 0 saturated carbocycles. The topological polar surface area (TPSA) is 99.3 Å². The Balaban J connectivity index is 1.86. The fourth-order valence-electron chi connectivity index (χ4n) is 1.95. The normalized spacial score (nSPS) is 11.8. The molecule has 0 bridgehead atoms. The summed E-state index contributed by atoms with van der Waals surface area (Å²) in [5.41, 5.74) is 1.35. The summed E-state index contributed by atoms with van der Waals surface area (Å²) in [6, 6.07) is 5.55. The zero-order chi connectivity index (χ0) is 15.0. The Bertz CT molecular complexity index is 795. The van der Waals surface area contributed by atoms with Gasteiger partial charge in [0.2, 0.25) is 5.82 Å². The van der Waals surface area contributed by atoms with Crippen molar-refractivity contribution in [2.45, 2.75) is 26.2 Å². The SMILES string of the molecule is CC(C)(C)c1nc(C(=O)Nc2cccc3[nH]ncc23)n[nH]1. The van der Waals surface area contributed by atoms with E-state index in [9.17, 15) is 4.79 Å². The van der Waals surface area contributed by atoms with E-state index in [0.717, 1.165) is 10.9 Å². The van der Waals surface area contributed by atoms with Gasteiger partial charge < -0.3 is 5.32 Å². The number of hydrogen-bond acceptors (Lipinski definition) is 4. The fraction of sp³-hybridized carbons (Fsp3) is 0.286. The summed E-state index contributed by atoms with van der Waals surface area (Å²) in [4.78, 5) is 16.5. The molecule has 0 fully saturated rings. The Morgan fingerprint density at radius 1 is 1.24 bits per heavy atom. The lowest BCUT2D eigenvalue weighted by atomic mass is 9.96. The van der Waals surface area contributed by atoms with E-state index >= 15 is 0 Å². The van der Waals surface area contributed by atoms with Crippen LogP contribution >= 0.6 is 0 Å². The van der Waals surface area contributed by atoms with Gasteiger partial charge in [0.25, 0.3) is 5.91 Å². The Morgan fingerprint density at radius 2 is 2.05 bits per heavy atom. The van der Waals surface area contributed by atoms with Gasteiger partial charge in [0.15, 0.2) is 0 Å². The van der Waals surface area contributed by atoms with Crippen molar-refractivity contribution in [3.8, 4) is 0 Å². The van der Waals surface area contributed by atoms with Crippen molar-refractivity contribution in [3.63, 3.8) is 0 Å². The smallest absolute Gasteiger partial charge is 0.295 e. The summed E-state index contributed by atoms with van der Waals surface area (Å²) >= 11 is 0. The van der Waals surface area contributed by atoms with Crippen LogP contribution in [0.5, 0.6) is 0 Å². The molecule has 3 N–H and O–H groups in total. The van der Waals surface area contributed by atoms with Gasteiger partial charge in [-0.25, -0.2) is 4.98 Å². The van der Waals surface area contributed by atoms with Gasteiger partial charge in [0.05, 0.1) is 17.4 Å². The van der Waals surface area contributed by atoms with Gasteiger partial charge in [0.1, 0.15) is 5.82 Å². The summed E-state index contributed by atoms with van der Waals surface area (Å²) in [6.07, 6.45) is 1.67. The summed E-state index contributed by atoms with van der Waals surface area (Å²) in [5.74, 6) is 0.449. The van der Waals surface area contributed by atoms with E-state index in [4.69, 9.17) is 0 Å². The lowest BCUT2D eigenvalue weighted by Crippen LogP contribution is -2.16. The summed E-state index contributed by atoms with van der Waals surface area (Å²) in [7, 11) is 0. The second-order valence-electron chi connectivity index (χ2n) is 5.85. The number of aromatic amines is 2. The molecule has 21 heavy (non-hydrogen) atoms. The summed E-state index contributed by atoms with van der Waals surface area (Å²) in [6.45, 7) is 6.00. The number of H-pyrrole nitrogens is 2. The molecule has 108 valence electrons. The first kappa shape index (κ1) is 13.3. The number of benzene rings is 1. The fourth-order valence-corrected chi connectivity index (χ4v) is 1.95. The molecule has 0 unspecified atom stereocenters. The number of rotatable bonds is 2. The zero-order valence-electron chi connectivity index (χ0n) is 12.1. The minimum Gasteiger partial charge on any atom is -0.319 e. The number of amides is 1. The van der Waals surface area contributed by atoms with Crippen molar-refractivity contribution in [2.75, 3.05) is 5.32 Å². The number of nitrogens with zero attached hydrogens (tertiary/aromatic N) is 3. The quantitative estimate of drug-likeness (QED) is 0.672. The van der Waals surface area contributed by atoms with Gasteiger partial charge in [-0.2, -0.15) is 5.10 Å². The van der Waals surface area contributed by atoms with E-state index in [1.165, 1.54) is 0 Å². The number of carbonyl (C=O) groups excluding carboxylic acids is 1. The standard InChI is InChI=1S/C14H16N6O/c1-14(2,3)13-17-11(19-20-13)12(21)16-9-5-4-6-10-8(9)7-15-18-10/h4-7H,1-3H3,(H,15,18)(H,16,21)(H,17,19,20). The van der Waals surface area contributed by atoms with Crippen molar-refractivity contribution in [1.82, 2.24) is 25.4 Å². The van der Waals surface area contributed by atoms with E-state index < -0.39 is 0 Å². The third-order valence-corrected chi connectivity index (χ3v) is 3.13. The van der Waals surface area contributed by atoms with E-state index in [0.29, 0.717) is 11.5 Å². The van der Waals surface area contributed by atoms with E-state index in [1.54, 1.807) is 6.20 Å². The lowest BCUT2D eigenvalue weighted by Gasteiger charge is -2.12. The first-order valence-corrected chi connectivity index (χ1v) is 6.61. The van der Waals surface area contributed by atoms with Crippen molar-refractivity contribution in [3.05, 3.63) is 36.0 Å². The molecule has 0 saturated heterocycles. The molecule has 3 rings (SSSR count). The average molecular weight is 284 g/mol. The van der Waals surface area contributed by atoms with Crippen LogP contribution in [0, 0.1) is 0 Å². The Hall–Kier alpha value is -2.70. The predicted octanol–water partition coefficient (Wildman–Crippen LogP) is 2.23. The molecule has 1 amide bonds. The van der Waals surface area contributed by atoms with Gasteiger partial charge >= 0.3 is 0 Å². The average Bonchev–Trinajstić information content (AvgIpc) is 3.07. The molecule has 2 aromatic heterocycles. The van der Waals surface area contributed by atoms with Crippen LogP contribution in [-0.2, 0) is 5.41 Å². The summed E-state index contributed by atoms with van der Waals surface area (Å²) < 4.78 is 0. The van der Waals surface area contributed by atoms with E-state index in [-0.39, 0.29) is 17.1 Å². The number of carbonyl (C=O) groups is 1. The minimum absolute atomic E-state index is 0.125. The zero-order valence-corrected chi connectivity index (χ0v) is 12.1. The molecule has 7 heteroatoms. The number of fused-ring (bicyclic) bond motifs is 1. The molecule has 0 aliphatic rings. The molecular weight excluding hydrogens is 268 g/mol. The largest absolute Gasteiger partial charge is 0.319 e. The second kappa shape index (κ2) is 4.69. The number of hydrogen-bond donors (Lipinski definition) is 3. The molecule has 2 heterocycles. The molecule has 3 aromatic rings. The van der Waals surface area contributed by atoms with Gasteiger partial charge in [0, 0.05) is 10.8 Å². The first-order chi connectivity index (χ1) is 9.95. The van der Waals surface area contributed by atoms with Crippen LogP contribution < -0.4 is 5.32 Å². The Kier molecular flexibility index (Phi) is 2.97. The van der Waals surface area contributed by atoms with Crippen LogP contribution in [0.3, 0.4) is 0 Å². The van der Waals surface area contributed by atoms with Crippen molar-refractivity contribution < 1.29 is 4.79 Å². The number of anilines is 1. The van der Waals surface area contributed by atoms with Gasteiger partial charge in [-0.05, 0) is 12.1 Å². The predicted molar refractivity (Wildman–Crippen MR) is 79.1 cm³/mol. The Labute approximate surface area is 121 Å². The number of nitrogens with one attached hydrogen (secondary N) is 3. The molecule has 0 atom stereocenters. The van der Waals surface area contributed by atoms with Gasteiger partial charge in [-0.1, -0.05) is 26.8 Å². The highest BCUT2D eigenvalue weighted by molar-refractivity contribution is 6.06. The van der Waals surface area contributed by atoms with Crippen LogP contribution in [0.2, 0.25) is 0 Å². The molecule has 0 radical (unpaired) electrons. The molecule has 1 aromatic carbocycles. The van der Waals surface area contributed by atoms with Crippen LogP contribution in [-0.4, -0.2) is 31.3 Å². The molecule has 0 aliphatic carbocycles. The van der Waals surface area contributed by atoms with Crippen molar-refractivity contribution in [1.29, 1.82) is 0 Å². The van der Waals surface area contributed by atoms with E-state index in [2.05, 4.69) is 30.7 Å². The van der Waals surface area contributed by atoms with Crippen LogP contribution in [0.1, 0.15) is 37.2 Å². The minimum atomic E-state index is -0.351. The van der Waals surface area contributed by atoms with Crippen molar-refractivity contribution in [2.24, 2.45) is 0 Å². The highest BCUT2D eigenvalue weighted by Gasteiger charge is 2.21. The third-order valence-electron chi connectivity index (χ3n) is 3.13. The van der Waals surface area contributed by atoms with Gasteiger partial charge in [-0.15, -0.1) is 5.10 Å². The third kappa shape index (κ3) is 2.49. The second-order valence-corrected chi connectivity index (χ2v) is 5.85. The maximum Gasteiger partial charge on any atom is 0.295 e. The van der Waals surface area contributed by atoms with Crippen molar-refractivity contribution >= 4 is 22.5 Å². The molecular formula is C14H16N6O. The van der Waals surface area contributed by atoms with Crippen LogP contribution in [0.25, 0.3) is 10.9 Å². The summed E-state index contributed by atoms with van der Waals surface area (Å²) in [5, 5.41) is 17.3. The van der Waals surface area contributed by atoms with Gasteiger partial charge in [-0.3, -0.25) is 15.0 Å². The maximum atomic E-state index is 12.2. The molecule has 0 aliphatic heterocycles.